The summed E-state index contributed by atoms with van der Waals surface area (Å²) in [6.45, 7) is 7.01. The molecule has 0 N–H and O–H groups in total. The first kappa shape index (κ1) is 18.1. The van der Waals surface area contributed by atoms with Gasteiger partial charge in [0, 0.05) is 17.8 Å². The molecule has 3 rings (SSSR count). The van der Waals surface area contributed by atoms with Crippen LogP contribution < -0.4 is 4.74 Å². The molecule has 4 nitrogen and oxygen atoms in total. The molecular formula is C20H26N2O2S. The van der Waals surface area contributed by atoms with Crippen molar-refractivity contribution in [3.05, 3.63) is 45.9 Å². The van der Waals surface area contributed by atoms with E-state index < -0.39 is 0 Å². The molecule has 0 bridgehead atoms. The van der Waals surface area contributed by atoms with E-state index >= 15 is 0 Å². The predicted molar refractivity (Wildman–Crippen MR) is 102 cm³/mol. The quantitative estimate of drug-likeness (QED) is 0.719. The molecule has 0 radical (unpaired) electrons. The van der Waals surface area contributed by atoms with Crippen LogP contribution in [0.4, 0.5) is 0 Å². The summed E-state index contributed by atoms with van der Waals surface area (Å²) in [5.41, 5.74) is 1.87. The highest BCUT2D eigenvalue weighted by atomic mass is 32.1. The number of likely N-dealkylation sites (tertiary alicyclic amines) is 1. The van der Waals surface area contributed by atoms with Gasteiger partial charge in [0.05, 0.1) is 24.9 Å². The van der Waals surface area contributed by atoms with Crippen LogP contribution in [0, 0.1) is 5.92 Å². The maximum atomic E-state index is 13.0. The maximum Gasteiger partial charge on any atom is 0.170 e. The molecule has 1 aromatic heterocycles. The zero-order valence-electron chi connectivity index (χ0n) is 15.2. The van der Waals surface area contributed by atoms with Crippen LogP contribution in [0.3, 0.4) is 0 Å². The first-order valence-electron chi connectivity index (χ1n) is 8.92. The summed E-state index contributed by atoms with van der Waals surface area (Å²) in [5.74, 6) is 1.37. The number of para-hydroxylation sites is 1. The van der Waals surface area contributed by atoms with Crippen LogP contribution in [0.5, 0.6) is 5.75 Å². The van der Waals surface area contributed by atoms with E-state index in [0.29, 0.717) is 17.2 Å². The number of ketones is 1. The van der Waals surface area contributed by atoms with Crippen LogP contribution in [0.15, 0.2) is 29.6 Å². The fourth-order valence-corrected chi connectivity index (χ4v) is 4.33. The summed E-state index contributed by atoms with van der Waals surface area (Å²) >= 11 is 1.73. The SMILES string of the molecule is COc1ccccc1C(=O)[C@H]1CCCN(Cc2nc(C(C)C)cs2)C1. The van der Waals surface area contributed by atoms with Crippen molar-refractivity contribution in [2.75, 3.05) is 20.2 Å². The number of rotatable bonds is 6. The van der Waals surface area contributed by atoms with Gasteiger partial charge in [-0.25, -0.2) is 4.98 Å². The van der Waals surface area contributed by atoms with Crippen molar-refractivity contribution in [2.45, 2.75) is 39.2 Å². The second kappa shape index (κ2) is 8.11. The number of benzene rings is 1. The van der Waals surface area contributed by atoms with Crippen LogP contribution in [-0.2, 0) is 6.54 Å². The number of hydrogen-bond donors (Lipinski definition) is 0. The molecule has 1 aliphatic rings. The molecular weight excluding hydrogens is 332 g/mol. The highest BCUT2D eigenvalue weighted by Crippen LogP contribution is 2.27. The Morgan fingerprint density at radius 1 is 1.40 bits per heavy atom. The lowest BCUT2D eigenvalue weighted by Gasteiger charge is -2.31. The average molecular weight is 359 g/mol. The largest absolute Gasteiger partial charge is 0.496 e. The molecule has 0 aliphatic carbocycles. The fraction of sp³-hybridized carbons (Fsp3) is 0.500. The third kappa shape index (κ3) is 4.28. The number of hydrogen-bond acceptors (Lipinski definition) is 5. The van der Waals surface area contributed by atoms with E-state index in [-0.39, 0.29) is 11.7 Å². The summed E-state index contributed by atoms with van der Waals surface area (Å²) in [4.78, 5) is 20.0. The van der Waals surface area contributed by atoms with Gasteiger partial charge in [-0.15, -0.1) is 11.3 Å². The Morgan fingerprint density at radius 2 is 2.20 bits per heavy atom. The lowest BCUT2D eigenvalue weighted by atomic mass is 9.89. The van der Waals surface area contributed by atoms with Gasteiger partial charge >= 0.3 is 0 Å². The Kier molecular flexibility index (Phi) is 5.86. The number of carbonyl (C=O) groups is 1. The van der Waals surface area contributed by atoms with Crippen molar-refractivity contribution in [1.29, 1.82) is 0 Å². The van der Waals surface area contributed by atoms with Crippen molar-refractivity contribution in [1.82, 2.24) is 9.88 Å². The molecule has 0 spiro atoms. The number of piperidine rings is 1. The van der Waals surface area contributed by atoms with Crippen molar-refractivity contribution in [3.63, 3.8) is 0 Å². The van der Waals surface area contributed by atoms with Crippen LogP contribution in [0.25, 0.3) is 0 Å². The third-order valence-electron chi connectivity index (χ3n) is 4.77. The summed E-state index contributed by atoms with van der Waals surface area (Å²) in [5, 5.41) is 3.30. The standard InChI is InChI=1S/C20H26N2O2S/c1-14(2)17-13-25-19(21-17)12-22-10-6-7-15(11-22)20(23)16-8-4-5-9-18(16)24-3/h4-5,8-9,13-15H,6-7,10-12H2,1-3H3/t15-/m0/s1. The van der Waals surface area contributed by atoms with Crippen molar-refractivity contribution in [3.8, 4) is 5.75 Å². The zero-order chi connectivity index (χ0) is 17.8. The van der Waals surface area contributed by atoms with E-state index in [1.165, 1.54) is 5.69 Å². The summed E-state index contributed by atoms with van der Waals surface area (Å²) in [6, 6.07) is 7.53. The van der Waals surface area contributed by atoms with Gasteiger partial charge in [-0.05, 0) is 37.4 Å². The van der Waals surface area contributed by atoms with Gasteiger partial charge in [-0.3, -0.25) is 9.69 Å². The monoisotopic (exact) mass is 358 g/mol. The summed E-state index contributed by atoms with van der Waals surface area (Å²) in [6.07, 6.45) is 2.00. The van der Waals surface area contributed by atoms with E-state index in [4.69, 9.17) is 9.72 Å². The second-order valence-electron chi connectivity index (χ2n) is 6.96. The zero-order valence-corrected chi connectivity index (χ0v) is 16.0. The molecule has 0 amide bonds. The summed E-state index contributed by atoms with van der Waals surface area (Å²) in [7, 11) is 1.62. The van der Waals surface area contributed by atoms with Crippen LogP contribution in [-0.4, -0.2) is 35.9 Å². The van der Waals surface area contributed by atoms with Crippen molar-refractivity contribution < 1.29 is 9.53 Å². The van der Waals surface area contributed by atoms with Gasteiger partial charge in [-0.2, -0.15) is 0 Å². The number of thiazole rings is 1. The second-order valence-corrected chi connectivity index (χ2v) is 7.90. The number of aromatic nitrogens is 1. The van der Waals surface area contributed by atoms with E-state index in [9.17, 15) is 4.79 Å². The number of ether oxygens (including phenoxy) is 1. The molecule has 1 aromatic carbocycles. The molecule has 1 aliphatic heterocycles. The average Bonchev–Trinajstić information content (AvgIpc) is 3.10. The number of carbonyl (C=O) groups excluding carboxylic acids is 1. The smallest absolute Gasteiger partial charge is 0.170 e. The molecule has 25 heavy (non-hydrogen) atoms. The van der Waals surface area contributed by atoms with Crippen molar-refractivity contribution in [2.24, 2.45) is 5.92 Å². The summed E-state index contributed by atoms with van der Waals surface area (Å²) < 4.78 is 5.36. The number of nitrogens with zero attached hydrogens (tertiary/aromatic N) is 2. The van der Waals surface area contributed by atoms with Gasteiger partial charge in [0.15, 0.2) is 5.78 Å². The van der Waals surface area contributed by atoms with Crippen molar-refractivity contribution >= 4 is 17.1 Å². The predicted octanol–water partition coefficient (Wildman–Crippen LogP) is 4.37. The lowest BCUT2D eigenvalue weighted by molar-refractivity contribution is 0.0808. The Labute approximate surface area is 153 Å². The lowest BCUT2D eigenvalue weighted by Crippen LogP contribution is -2.38. The minimum atomic E-state index is 0.0366. The molecule has 2 heterocycles. The molecule has 0 unspecified atom stereocenters. The molecule has 1 atom stereocenters. The van der Waals surface area contributed by atoms with E-state index in [1.54, 1.807) is 18.4 Å². The minimum absolute atomic E-state index is 0.0366. The van der Waals surface area contributed by atoms with Crippen LogP contribution in [0.2, 0.25) is 0 Å². The van der Waals surface area contributed by atoms with E-state index in [0.717, 1.165) is 37.5 Å². The molecule has 1 saturated heterocycles. The van der Waals surface area contributed by atoms with Gasteiger partial charge in [-0.1, -0.05) is 26.0 Å². The minimum Gasteiger partial charge on any atom is -0.496 e. The first-order chi connectivity index (χ1) is 12.1. The van der Waals surface area contributed by atoms with Gasteiger partial charge in [0.1, 0.15) is 10.8 Å². The number of Topliss-reactive ketones (excluding diaryl/α,β-unsaturated/α-hetero) is 1. The molecule has 2 aromatic rings. The molecule has 1 fully saturated rings. The van der Waals surface area contributed by atoms with Crippen LogP contribution >= 0.6 is 11.3 Å². The normalized spacial score (nSPS) is 18.5. The van der Waals surface area contributed by atoms with E-state index in [1.807, 2.05) is 24.3 Å². The Balaban J connectivity index is 1.67. The fourth-order valence-electron chi connectivity index (χ4n) is 3.34. The van der Waals surface area contributed by atoms with Gasteiger partial charge in [0.25, 0.3) is 0 Å². The van der Waals surface area contributed by atoms with Crippen LogP contribution in [0.1, 0.15) is 53.7 Å². The Hall–Kier alpha value is -1.72. The van der Waals surface area contributed by atoms with E-state index in [2.05, 4.69) is 24.1 Å². The topological polar surface area (TPSA) is 42.4 Å². The molecule has 0 saturated carbocycles. The Bertz CT molecular complexity index is 726. The molecule has 5 heteroatoms. The number of methoxy groups -OCH3 is 1. The third-order valence-corrected chi connectivity index (χ3v) is 5.62. The Morgan fingerprint density at radius 3 is 2.92 bits per heavy atom. The maximum absolute atomic E-state index is 13.0. The van der Waals surface area contributed by atoms with Gasteiger partial charge in [0.2, 0.25) is 0 Å². The molecule has 134 valence electrons. The first-order valence-corrected chi connectivity index (χ1v) is 9.80. The van der Waals surface area contributed by atoms with Gasteiger partial charge < -0.3 is 4.74 Å². The highest BCUT2D eigenvalue weighted by Gasteiger charge is 2.28. The highest BCUT2D eigenvalue weighted by molar-refractivity contribution is 7.09.